The molecule has 0 saturated carbocycles. The second-order valence-corrected chi connectivity index (χ2v) is 6.28. The number of ether oxygens (including phenoxy) is 1. The molecule has 0 aliphatic carbocycles. The van der Waals surface area contributed by atoms with Gasteiger partial charge in [-0.05, 0) is 25.1 Å². The van der Waals surface area contributed by atoms with Crippen molar-refractivity contribution in [2.45, 2.75) is 33.9 Å². The number of nitrogens with one attached hydrogen (secondary N) is 1. The summed E-state index contributed by atoms with van der Waals surface area (Å²) < 4.78 is 7.82. The Bertz CT molecular complexity index is 612. The quantitative estimate of drug-likeness (QED) is 0.861. The molecule has 0 atom stereocenters. The van der Waals surface area contributed by atoms with Gasteiger partial charge in [0.15, 0.2) is 10.6 Å². The summed E-state index contributed by atoms with van der Waals surface area (Å²) in [6.45, 7) is 7.69. The number of hydrogen-bond donors (Lipinski definition) is 1. The van der Waals surface area contributed by atoms with Crippen LogP contribution < -0.4 is 0 Å². The molecular formula is C12H18N4OS2. The first-order valence-electron chi connectivity index (χ1n) is 6.13. The number of thiazole rings is 1. The van der Waals surface area contributed by atoms with E-state index in [4.69, 9.17) is 17.0 Å². The van der Waals surface area contributed by atoms with Gasteiger partial charge in [0.25, 0.3) is 0 Å². The Kier molecular flexibility index (Phi) is 4.49. The van der Waals surface area contributed by atoms with Crippen LogP contribution in [0.3, 0.4) is 0 Å². The van der Waals surface area contributed by atoms with Crippen LogP contribution in [0.2, 0.25) is 0 Å². The van der Waals surface area contributed by atoms with E-state index in [1.165, 1.54) is 0 Å². The maximum Gasteiger partial charge on any atom is 0.195 e. The topological polar surface area (TPSA) is 55.7 Å². The lowest BCUT2D eigenvalue weighted by molar-refractivity contribution is 0.184. The standard InChI is InChI=1S/C12H18N4OS2/c1-7(2)5-16-11(14-15-12(16)18)10-8(3)13-9(19-10)6-17-4/h7H,5-6H2,1-4H3,(H,15,18). The van der Waals surface area contributed by atoms with Gasteiger partial charge in [0, 0.05) is 13.7 Å². The predicted octanol–water partition coefficient (Wildman–Crippen LogP) is 3.18. The van der Waals surface area contributed by atoms with E-state index in [2.05, 4.69) is 29.0 Å². The minimum Gasteiger partial charge on any atom is -0.378 e. The highest BCUT2D eigenvalue weighted by Gasteiger charge is 2.16. The Balaban J connectivity index is 2.44. The normalized spacial score (nSPS) is 11.4. The van der Waals surface area contributed by atoms with Crippen LogP contribution >= 0.6 is 23.6 Å². The van der Waals surface area contributed by atoms with Crippen molar-refractivity contribution in [2.24, 2.45) is 5.92 Å². The third-order valence-electron chi connectivity index (χ3n) is 2.62. The molecule has 1 N–H and O–H groups in total. The summed E-state index contributed by atoms with van der Waals surface area (Å²) in [5.41, 5.74) is 0.969. The zero-order chi connectivity index (χ0) is 14.0. The highest BCUT2D eigenvalue weighted by molar-refractivity contribution is 7.71. The molecule has 19 heavy (non-hydrogen) atoms. The van der Waals surface area contributed by atoms with E-state index in [0.717, 1.165) is 27.9 Å². The Hall–Kier alpha value is -1.05. The molecule has 0 bridgehead atoms. The minimum atomic E-state index is 0.509. The Morgan fingerprint density at radius 3 is 2.84 bits per heavy atom. The largest absolute Gasteiger partial charge is 0.378 e. The molecule has 0 unspecified atom stereocenters. The fraction of sp³-hybridized carbons (Fsp3) is 0.583. The third-order valence-corrected chi connectivity index (χ3v) is 4.06. The monoisotopic (exact) mass is 298 g/mol. The van der Waals surface area contributed by atoms with E-state index in [1.807, 2.05) is 11.5 Å². The van der Waals surface area contributed by atoms with Crippen LogP contribution in [-0.4, -0.2) is 26.9 Å². The molecular weight excluding hydrogens is 280 g/mol. The molecule has 2 aromatic rings. The van der Waals surface area contributed by atoms with E-state index >= 15 is 0 Å². The molecule has 0 amide bonds. The van der Waals surface area contributed by atoms with Crippen LogP contribution in [0.5, 0.6) is 0 Å². The van der Waals surface area contributed by atoms with Crippen LogP contribution in [0.4, 0.5) is 0 Å². The summed E-state index contributed by atoms with van der Waals surface area (Å²) in [6, 6.07) is 0. The average molecular weight is 298 g/mol. The van der Waals surface area contributed by atoms with Crippen molar-refractivity contribution in [1.82, 2.24) is 19.7 Å². The predicted molar refractivity (Wildman–Crippen MR) is 78.8 cm³/mol. The van der Waals surface area contributed by atoms with Crippen molar-refractivity contribution in [3.63, 3.8) is 0 Å². The molecule has 104 valence electrons. The number of methoxy groups -OCH3 is 1. The number of aromatic amines is 1. The van der Waals surface area contributed by atoms with Crippen molar-refractivity contribution in [3.05, 3.63) is 15.5 Å². The fourth-order valence-electron chi connectivity index (χ4n) is 1.87. The van der Waals surface area contributed by atoms with Gasteiger partial charge in [-0.2, -0.15) is 5.10 Å². The van der Waals surface area contributed by atoms with Crippen LogP contribution in [0.15, 0.2) is 0 Å². The molecule has 0 aliphatic rings. The first-order chi connectivity index (χ1) is 9.02. The van der Waals surface area contributed by atoms with Crippen molar-refractivity contribution in [1.29, 1.82) is 0 Å². The molecule has 0 fully saturated rings. The zero-order valence-electron chi connectivity index (χ0n) is 11.6. The van der Waals surface area contributed by atoms with Gasteiger partial charge in [-0.25, -0.2) is 4.98 Å². The van der Waals surface area contributed by atoms with Gasteiger partial charge in [0.05, 0.1) is 17.2 Å². The third kappa shape index (κ3) is 3.10. The molecule has 0 aromatic carbocycles. The van der Waals surface area contributed by atoms with Gasteiger partial charge in [0.2, 0.25) is 0 Å². The van der Waals surface area contributed by atoms with Crippen molar-refractivity contribution >= 4 is 23.6 Å². The van der Waals surface area contributed by atoms with Gasteiger partial charge in [0.1, 0.15) is 5.01 Å². The molecule has 2 heterocycles. The molecule has 2 aromatic heterocycles. The molecule has 0 spiro atoms. The Morgan fingerprint density at radius 1 is 1.47 bits per heavy atom. The number of hydrogen-bond acceptors (Lipinski definition) is 5. The van der Waals surface area contributed by atoms with Gasteiger partial charge >= 0.3 is 0 Å². The molecule has 2 rings (SSSR count). The first-order valence-corrected chi connectivity index (χ1v) is 7.36. The lowest BCUT2D eigenvalue weighted by Gasteiger charge is -2.08. The van der Waals surface area contributed by atoms with Gasteiger partial charge < -0.3 is 4.74 Å². The van der Waals surface area contributed by atoms with Gasteiger partial charge in [-0.15, -0.1) is 11.3 Å². The average Bonchev–Trinajstić information content (AvgIpc) is 2.84. The summed E-state index contributed by atoms with van der Waals surface area (Å²) in [4.78, 5) is 5.55. The molecule has 5 nitrogen and oxygen atoms in total. The number of aromatic nitrogens is 4. The van der Waals surface area contributed by atoms with Crippen molar-refractivity contribution in [2.75, 3.05) is 7.11 Å². The summed E-state index contributed by atoms with van der Waals surface area (Å²) in [5, 5.41) is 8.18. The molecule has 0 saturated heterocycles. The maximum atomic E-state index is 5.30. The summed E-state index contributed by atoms with van der Waals surface area (Å²) in [7, 11) is 1.67. The smallest absolute Gasteiger partial charge is 0.195 e. The summed E-state index contributed by atoms with van der Waals surface area (Å²) >= 11 is 6.90. The highest BCUT2D eigenvalue weighted by atomic mass is 32.1. The van der Waals surface area contributed by atoms with Crippen molar-refractivity contribution in [3.8, 4) is 10.7 Å². The van der Waals surface area contributed by atoms with Crippen molar-refractivity contribution < 1.29 is 4.74 Å². The fourth-order valence-corrected chi connectivity index (χ4v) is 3.11. The molecule has 0 radical (unpaired) electrons. The van der Waals surface area contributed by atoms with Crippen LogP contribution in [0, 0.1) is 17.6 Å². The zero-order valence-corrected chi connectivity index (χ0v) is 13.2. The lowest BCUT2D eigenvalue weighted by atomic mass is 10.2. The molecule has 7 heteroatoms. The van der Waals surface area contributed by atoms with E-state index < -0.39 is 0 Å². The lowest BCUT2D eigenvalue weighted by Crippen LogP contribution is -2.06. The number of H-pyrrole nitrogens is 1. The number of aryl methyl sites for hydroxylation is 1. The van der Waals surface area contributed by atoms with Gasteiger partial charge in [-0.1, -0.05) is 13.8 Å². The van der Waals surface area contributed by atoms with Crippen LogP contribution in [0.25, 0.3) is 10.7 Å². The minimum absolute atomic E-state index is 0.509. The van der Waals surface area contributed by atoms with Gasteiger partial charge in [-0.3, -0.25) is 9.67 Å². The second kappa shape index (κ2) is 5.94. The van der Waals surface area contributed by atoms with E-state index in [0.29, 0.717) is 17.3 Å². The summed E-state index contributed by atoms with van der Waals surface area (Å²) in [6.07, 6.45) is 0. The van der Waals surface area contributed by atoms with Crippen LogP contribution in [0.1, 0.15) is 24.5 Å². The molecule has 0 aliphatic heterocycles. The van der Waals surface area contributed by atoms with E-state index in [1.54, 1.807) is 18.4 Å². The highest BCUT2D eigenvalue weighted by Crippen LogP contribution is 2.29. The SMILES string of the molecule is COCc1nc(C)c(-c2n[nH]c(=S)n2CC(C)C)s1. The van der Waals surface area contributed by atoms with E-state index in [-0.39, 0.29) is 0 Å². The number of nitrogens with zero attached hydrogens (tertiary/aromatic N) is 3. The maximum absolute atomic E-state index is 5.30. The number of rotatable bonds is 5. The first kappa shape index (κ1) is 14.4. The summed E-state index contributed by atoms with van der Waals surface area (Å²) in [5.74, 6) is 1.38. The van der Waals surface area contributed by atoms with Crippen LogP contribution in [-0.2, 0) is 17.9 Å². The Labute approximate surface area is 121 Å². The van der Waals surface area contributed by atoms with E-state index in [9.17, 15) is 0 Å². The second-order valence-electron chi connectivity index (χ2n) is 4.81. The Morgan fingerprint density at radius 2 is 2.21 bits per heavy atom.